The first-order valence-corrected chi connectivity index (χ1v) is 5.17. The summed E-state index contributed by atoms with van der Waals surface area (Å²) in [4.78, 5) is 11.2. The summed E-state index contributed by atoms with van der Waals surface area (Å²) in [5, 5.41) is 2.43. The first-order chi connectivity index (χ1) is 7.34. The minimum Gasteiger partial charge on any atom is -1.00 e. The van der Waals surface area contributed by atoms with E-state index < -0.39 is 6.09 Å². The molecule has 0 aromatic heterocycles. The number of amides is 1. The summed E-state index contributed by atoms with van der Waals surface area (Å²) < 4.78 is 5.85. The van der Waals surface area contributed by atoms with Crippen molar-refractivity contribution in [1.29, 1.82) is 0 Å². The van der Waals surface area contributed by atoms with Crippen LogP contribution in [0.1, 0.15) is 5.56 Å². The molecule has 4 nitrogen and oxygen atoms in total. The molecule has 0 heterocycles. The molecule has 1 aromatic carbocycles. The Hall–Kier alpha value is -0.820. The zero-order valence-corrected chi connectivity index (χ0v) is 13.0. The van der Waals surface area contributed by atoms with Crippen LogP contribution in [0.3, 0.4) is 0 Å². The van der Waals surface area contributed by atoms with Gasteiger partial charge in [0.15, 0.2) is 0 Å². The molecular weight excluding hydrogens is 331 g/mol. The molecule has 0 saturated heterocycles. The van der Waals surface area contributed by atoms with E-state index in [1.54, 1.807) is 7.05 Å². The van der Waals surface area contributed by atoms with Crippen molar-refractivity contribution in [3.8, 4) is 5.75 Å². The van der Waals surface area contributed by atoms with Crippen molar-refractivity contribution >= 4 is 11.8 Å². The van der Waals surface area contributed by atoms with Gasteiger partial charge in [0.2, 0.25) is 0 Å². The summed E-state index contributed by atoms with van der Waals surface area (Å²) in [5.41, 5.74) is 2.03. The van der Waals surface area contributed by atoms with Gasteiger partial charge in [-0.25, -0.2) is 4.79 Å². The lowest BCUT2D eigenvalue weighted by molar-refractivity contribution is -0.00000853. The van der Waals surface area contributed by atoms with Gasteiger partial charge in [0, 0.05) is 13.1 Å². The van der Waals surface area contributed by atoms with Gasteiger partial charge in [-0.3, -0.25) is 4.48 Å². The summed E-state index contributed by atoms with van der Waals surface area (Å²) in [6.45, 7) is 1.91. The highest BCUT2D eigenvalue weighted by atomic mass is 127. The van der Waals surface area contributed by atoms with Crippen molar-refractivity contribution in [3.63, 3.8) is 0 Å². The molecule has 0 aliphatic rings. The lowest BCUT2D eigenvalue weighted by atomic mass is 10.2. The molecule has 0 aliphatic heterocycles. The molecule has 0 aliphatic carbocycles. The number of nitrogens with zero attached hydrogens (tertiary/aromatic N) is 1. The summed E-state index contributed by atoms with van der Waals surface area (Å²) in [5.74, 6) is 0.602. The Morgan fingerprint density at radius 1 is 1.29 bits per heavy atom. The Bertz CT molecular complexity index is 400. The van der Waals surface area contributed by atoms with Crippen molar-refractivity contribution in [2.45, 2.75) is 6.92 Å². The van der Waals surface area contributed by atoms with Gasteiger partial charge in [-0.15, -0.1) is 0 Å². The topological polar surface area (TPSA) is 38.3 Å². The van der Waals surface area contributed by atoms with E-state index in [0.29, 0.717) is 10.2 Å². The number of hydrogen-bond acceptors (Lipinski definition) is 2. The highest BCUT2D eigenvalue weighted by molar-refractivity contribution is 5.71. The van der Waals surface area contributed by atoms with Crippen LogP contribution in [0.25, 0.3) is 0 Å². The van der Waals surface area contributed by atoms with Gasteiger partial charge in [-0.05, 0) is 24.6 Å². The lowest BCUT2D eigenvalue weighted by Gasteiger charge is -2.24. The molecule has 0 fully saturated rings. The van der Waals surface area contributed by atoms with Gasteiger partial charge < -0.3 is 34.0 Å². The molecule has 1 N–H and O–H groups in total. The predicted molar refractivity (Wildman–Crippen MR) is 65.8 cm³/mol. The molecule has 0 atom stereocenters. The van der Waals surface area contributed by atoms with E-state index in [4.69, 9.17) is 4.74 Å². The average molecular weight is 350 g/mol. The van der Waals surface area contributed by atoms with Crippen molar-refractivity contribution in [1.82, 2.24) is 9.80 Å². The Morgan fingerprint density at radius 3 is 2.35 bits per heavy atom. The molecule has 0 bridgehead atoms. The highest BCUT2D eigenvalue weighted by Crippen LogP contribution is 2.26. The second kappa shape index (κ2) is 6.20. The maximum absolute atomic E-state index is 11.2. The number of rotatable bonds is 2. The summed E-state index contributed by atoms with van der Waals surface area (Å²) in [6.07, 6.45) is -0.443. The second-order valence-electron chi connectivity index (χ2n) is 4.60. The number of quaternary nitrogens is 1. The fourth-order valence-corrected chi connectivity index (χ4v) is 1.27. The summed E-state index contributed by atoms with van der Waals surface area (Å²) >= 11 is 0. The number of ether oxygens (including phenoxy) is 1. The maximum Gasteiger partial charge on any atom is 0.412 e. The molecule has 0 saturated carbocycles. The molecule has 5 heteroatoms. The van der Waals surface area contributed by atoms with Crippen LogP contribution in [-0.4, -0.2) is 34.3 Å². The van der Waals surface area contributed by atoms with Gasteiger partial charge in [0.25, 0.3) is 0 Å². The number of carbonyl (C=O) groups excluding carboxylic acids is 1. The van der Waals surface area contributed by atoms with E-state index >= 15 is 0 Å². The van der Waals surface area contributed by atoms with Crippen LogP contribution in [-0.2, 0) is 0 Å². The maximum atomic E-state index is 11.2. The van der Waals surface area contributed by atoms with Gasteiger partial charge in [-0.2, -0.15) is 0 Å². The molecule has 96 valence electrons. The molecule has 0 unspecified atom stereocenters. The van der Waals surface area contributed by atoms with E-state index in [1.165, 1.54) is 0 Å². The Balaban J connectivity index is 0.00000256. The Morgan fingerprint density at radius 2 is 1.88 bits per heavy atom. The van der Waals surface area contributed by atoms with E-state index in [1.807, 2.05) is 25.1 Å². The van der Waals surface area contributed by atoms with Crippen LogP contribution in [0.2, 0.25) is 0 Å². The third-order valence-electron chi connectivity index (χ3n) is 2.35. The van der Waals surface area contributed by atoms with E-state index in [-0.39, 0.29) is 24.0 Å². The lowest BCUT2D eigenvalue weighted by Crippen LogP contribution is -3.00. The zero-order valence-electron chi connectivity index (χ0n) is 10.9. The van der Waals surface area contributed by atoms with E-state index in [9.17, 15) is 4.79 Å². The number of hydrogen-bond donors (Lipinski definition) is 1. The largest absolute Gasteiger partial charge is 1.00 e. The van der Waals surface area contributed by atoms with E-state index in [0.717, 1.165) is 11.3 Å². The third-order valence-corrected chi connectivity index (χ3v) is 2.35. The van der Waals surface area contributed by atoms with Gasteiger partial charge in [-0.1, -0.05) is 0 Å². The number of benzene rings is 1. The monoisotopic (exact) mass is 350 g/mol. The van der Waals surface area contributed by atoms with Crippen LogP contribution in [0.15, 0.2) is 18.2 Å². The van der Waals surface area contributed by atoms with E-state index in [2.05, 4.69) is 26.5 Å². The second-order valence-corrected chi connectivity index (χ2v) is 4.60. The number of halogens is 1. The standard InChI is InChI=1S/C12H18N2O2.HI/c1-9-6-7-10(14(3,4)5)8-11(9)16-12(15)13-2;/h6-8H,1-5H3;1H. The van der Waals surface area contributed by atoms with Crippen LogP contribution in [0.5, 0.6) is 5.75 Å². The Kier molecular flexibility index (Phi) is 5.91. The molecule has 0 radical (unpaired) electrons. The molecule has 17 heavy (non-hydrogen) atoms. The van der Waals surface area contributed by atoms with Crippen molar-refractivity contribution < 1.29 is 33.5 Å². The first kappa shape index (κ1) is 16.2. The number of nitrogens with one attached hydrogen (secondary N) is 1. The van der Waals surface area contributed by atoms with Crippen molar-refractivity contribution in [2.75, 3.05) is 28.2 Å². The Labute approximate surface area is 120 Å². The SMILES string of the molecule is CNC(=O)Oc1cc([N+](C)(C)C)ccc1C.[I-]. The molecule has 1 amide bonds. The van der Waals surface area contributed by atoms with Crippen molar-refractivity contribution in [2.24, 2.45) is 0 Å². The minimum atomic E-state index is -0.443. The van der Waals surface area contributed by atoms with Gasteiger partial charge in [0.1, 0.15) is 11.4 Å². The van der Waals surface area contributed by atoms with Gasteiger partial charge in [0.05, 0.1) is 21.1 Å². The number of carbonyl (C=O) groups is 1. The van der Waals surface area contributed by atoms with Crippen LogP contribution >= 0.6 is 0 Å². The smallest absolute Gasteiger partial charge is 0.412 e. The minimum absolute atomic E-state index is 0. The molecule has 0 spiro atoms. The van der Waals surface area contributed by atoms with Crippen LogP contribution < -0.4 is 38.5 Å². The average Bonchev–Trinajstić information content (AvgIpc) is 2.19. The fourth-order valence-electron chi connectivity index (χ4n) is 1.27. The van der Waals surface area contributed by atoms with Gasteiger partial charge >= 0.3 is 6.09 Å². The number of aryl methyl sites for hydroxylation is 1. The summed E-state index contributed by atoms with van der Waals surface area (Å²) in [6, 6.07) is 5.88. The normalized spacial score (nSPS) is 10.4. The molecule has 1 rings (SSSR count). The third kappa shape index (κ3) is 4.51. The van der Waals surface area contributed by atoms with Crippen LogP contribution in [0.4, 0.5) is 10.5 Å². The molecule has 1 aromatic rings. The zero-order chi connectivity index (χ0) is 12.3. The van der Waals surface area contributed by atoms with Crippen molar-refractivity contribution in [3.05, 3.63) is 23.8 Å². The predicted octanol–water partition coefficient (Wildman–Crippen LogP) is -1.09. The van der Waals surface area contributed by atoms with Crippen LogP contribution in [0, 0.1) is 6.92 Å². The summed E-state index contributed by atoms with van der Waals surface area (Å²) in [7, 11) is 7.73. The first-order valence-electron chi connectivity index (χ1n) is 5.17. The molecular formula is C12H19IN2O2. The fraction of sp³-hybridized carbons (Fsp3) is 0.417. The quantitative estimate of drug-likeness (QED) is 0.544. The highest BCUT2D eigenvalue weighted by Gasteiger charge is 2.15.